The maximum Gasteiger partial charge on any atom is 0.242 e. The molecule has 0 bridgehead atoms. The lowest BCUT2D eigenvalue weighted by Crippen LogP contribution is -2.38. The van der Waals surface area contributed by atoms with Crippen LogP contribution in [0, 0.1) is 0 Å². The summed E-state index contributed by atoms with van der Waals surface area (Å²) in [5, 5.41) is 3.18. The number of nitrogens with one attached hydrogen (secondary N) is 1. The van der Waals surface area contributed by atoms with Crippen LogP contribution in [0.5, 0.6) is 0 Å². The molecule has 1 atom stereocenters. The lowest BCUT2D eigenvalue weighted by atomic mass is 9.95. The van der Waals surface area contributed by atoms with Crippen molar-refractivity contribution in [1.82, 2.24) is 5.32 Å². The zero-order valence-electron chi connectivity index (χ0n) is 10.5. The smallest absolute Gasteiger partial charge is 0.242 e. The molecule has 5 heteroatoms. The van der Waals surface area contributed by atoms with Crippen molar-refractivity contribution in [3.63, 3.8) is 0 Å². The molecule has 0 heterocycles. The fraction of sp³-hybridized carbons (Fsp3) is 0.500. The zero-order chi connectivity index (χ0) is 13.8. The predicted octanol–water partition coefficient (Wildman–Crippen LogP) is 4.72. The topological polar surface area (TPSA) is 29.1 Å². The lowest BCUT2D eigenvalue weighted by Gasteiger charge is -2.24. The molecule has 1 N–H and O–H groups in total. The number of carbonyl (C=O) groups is 1. The Balaban J connectivity index is 2.01. The Morgan fingerprint density at radius 2 is 1.89 bits per heavy atom. The Morgan fingerprint density at radius 1 is 1.21 bits per heavy atom. The number of rotatable bonds is 3. The number of carbonyl (C=O) groups excluding carboxylic acids is 1. The summed E-state index contributed by atoms with van der Waals surface area (Å²) >= 11 is 18.1. The normalized spacial score (nSPS) is 18.1. The third-order valence-corrected chi connectivity index (χ3v) is 4.41. The highest BCUT2D eigenvalue weighted by molar-refractivity contribution is 6.37. The van der Waals surface area contributed by atoms with Gasteiger partial charge in [0, 0.05) is 16.1 Å². The van der Waals surface area contributed by atoms with Gasteiger partial charge in [-0.3, -0.25) is 4.79 Å². The fourth-order valence-electron chi connectivity index (χ4n) is 2.37. The van der Waals surface area contributed by atoms with Gasteiger partial charge in [-0.15, -0.1) is 11.6 Å². The zero-order valence-corrected chi connectivity index (χ0v) is 12.7. The Morgan fingerprint density at radius 3 is 2.53 bits per heavy atom. The molecule has 0 aliphatic heterocycles. The largest absolute Gasteiger partial charge is 0.352 e. The van der Waals surface area contributed by atoms with E-state index in [-0.39, 0.29) is 11.9 Å². The van der Waals surface area contributed by atoms with Crippen LogP contribution < -0.4 is 5.32 Å². The molecule has 1 saturated carbocycles. The van der Waals surface area contributed by atoms with Gasteiger partial charge in [-0.1, -0.05) is 48.5 Å². The van der Waals surface area contributed by atoms with E-state index in [9.17, 15) is 4.79 Å². The second-order valence-electron chi connectivity index (χ2n) is 4.87. The molecule has 1 unspecified atom stereocenters. The first-order valence-corrected chi connectivity index (χ1v) is 7.66. The van der Waals surface area contributed by atoms with E-state index in [0.717, 1.165) is 12.8 Å². The van der Waals surface area contributed by atoms with Crippen molar-refractivity contribution < 1.29 is 4.79 Å². The van der Waals surface area contributed by atoms with Crippen molar-refractivity contribution in [3.8, 4) is 0 Å². The van der Waals surface area contributed by atoms with Gasteiger partial charge in [0.1, 0.15) is 5.38 Å². The van der Waals surface area contributed by atoms with Gasteiger partial charge in [0.05, 0.1) is 0 Å². The van der Waals surface area contributed by atoms with Crippen LogP contribution in [0.1, 0.15) is 43.0 Å². The van der Waals surface area contributed by atoms with Crippen LogP contribution in [0.3, 0.4) is 0 Å². The molecule has 1 aliphatic rings. The van der Waals surface area contributed by atoms with Crippen molar-refractivity contribution in [2.75, 3.05) is 0 Å². The molecule has 1 aromatic rings. The molecule has 0 saturated heterocycles. The summed E-state index contributed by atoms with van der Waals surface area (Å²) in [6.07, 6.45) is 5.65. The van der Waals surface area contributed by atoms with Crippen molar-refractivity contribution in [2.45, 2.75) is 43.5 Å². The van der Waals surface area contributed by atoms with Gasteiger partial charge >= 0.3 is 0 Å². The number of halogens is 3. The number of alkyl halides is 1. The Hall–Kier alpha value is -0.440. The summed E-state index contributed by atoms with van der Waals surface area (Å²) in [6.45, 7) is 0. The summed E-state index contributed by atoms with van der Waals surface area (Å²) in [4.78, 5) is 12.1. The summed E-state index contributed by atoms with van der Waals surface area (Å²) in [7, 11) is 0. The van der Waals surface area contributed by atoms with Gasteiger partial charge in [-0.05, 0) is 30.5 Å². The van der Waals surface area contributed by atoms with Crippen molar-refractivity contribution in [3.05, 3.63) is 33.8 Å². The minimum atomic E-state index is -0.772. The highest BCUT2D eigenvalue weighted by atomic mass is 35.5. The maximum atomic E-state index is 12.1. The minimum absolute atomic E-state index is 0.183. The minimum Gasteiger partial charge on any atom is -0.352 e. The Kier molecular flexibility index (Phi) is 5.37. The lowest BCUT2D eigenvalue weighted by molar-refractivity contribution is -0.121. The van der Waals surface area contributed by atoms with Crippen LogP contribution in [-0.2, 0) is 4.79 Å². The molecule has 1 aromatic carbocycles. The Bertz CT molecular complexity index is 458. The third kappa shape index (κ3) is 4.01. The highest BCUT2D eigenvalue weighted by Crippen LogP contribution is 2.30. The summed E-state index contributed by atoms with van der Waals surface area (Å²) in [5.74, 6) is -0.183. The van der Waals surface area contributed by atoms with Crippen molar-refractivity contribution in [1.29, 1.82) is 0 Å². The molecule has 1 amide bonds. The SMILES string of the molecule is O=C(NC1CCCCC1)C(Cl)c1ccc(Cl)cc1Cl. The van der Waals surface area contributed by atoms with Crippen molar-refractivity contribution in [2.24, 2.45) is 0 Å². The molecule has 0 radical (unpaired) electrons. The molecule has 1 aliphatic carbocycles. The molecule has 0 spiro atoms. The van der Waals surface area contributed by atoms with E-state index in [1.165, 1.54) is 19.3 Å². The van der Waals surface area contributed by atoms with E-state index in [0.29, 0.717) is 15.6 Å². The first kappa shape index (κ1) is 15.0. The van der Waals surface area contributed by atoms with Crippen LogP contribution >= 0.6 is 34.8 Å². The van der Waals surface area contributed by atoms with Crippen LogP contribution in [0.4, 0.5) is 0 Å². The van der Waals surface area contributed by atoms with E-state index in [1.54, 1.807) is 18.2 Å². The van der Waals surface area contributed by atoms with Gasteiger partial charge in [-0.2, -0.15) is 0 Å². The summed E-state index contributed by atoms with van der Waals surface area (Å²) in [5.41, 5.74) is 0.598. The monoisotopic (exact) mass is 319 g/mol. The molecule has 2 nitrogen and oxygen atoms in total. The number of benzene rings is 1. The van der Waals surface area contributed by atoms with Gasteiger partial charge < -0.3 is 5.32 Å². The standard InChI is InChI=1S/C14H16Cl3NO/c15-9-6-7-11(12(16)8-9)13(17)14(19)18-10-4-2-1-3-5-10/h6-8,10,13H,1-5H2,(H,18,19). The van der Waals surface area contributed by atoms with E-state index >= 15 is 0 Å². The van der Waals surface area contributed by atoms with Gasteiger partial charge in [0.2, 0.25) is 5.91 Å². The molecular weight excluding hydrogens is 305 g/mol. The van der Waals surface area contributed by atoms with E-state index < -0.39 is 5.38 Å². The van der Waals surface area contributed by atoms with Crippen molar-refractivity contribution >= 4 is 40.7 Å². The second kappa shape index (κ2) is 6.83. The van der Waals surface area contributed by atoms with Gasteiger partial charge in [0.15, 0.2) is 0 Å². The van der Waals surface area contributed by atoms with E-state index in [4.69, 9.17) is 34.8 Å². The van der Waals surface area contributed by atoms with Gasteiger partial charge in [0.25, 0.3) is 0 Å². The number of amides is 1. The van der Waals surface area contributed by atoms with Crippen LogP contribution in [-0.4, -0.2) is 11.9 Å². The summed E-state index contributed by atoms with van der Waals surface area (Å²) < 4.78 is 0. The maximum absolute atomic E-state index is 12.1. The first-order valence-electron chi connectivity index (χ1n) is 6.47. The van der Waals surface area contributed by atoms with Crippen LogP contribution in [0.2, 0.25) is 10.0 Å². The fourth-order valence-corrected chi connectivity index (χ4v) is 3.20. The average Bonchev–Trinajstić information content (AvgIpc) is 2.39. The number of hydrogen-bond acceptors (Lipinski definition) is 1. The molecule has 19 heavy (non-hydrogen) atoms. The molecule has 2 rings (SSSR count). The molecular formula is C14H16Cl3NO. The summed E-state index contributed by atoms with van der Waals surface area (Å²) in [6, 6.07) is 5.23. The number of hydrogen-bond donors (Lipinski definition) is 1. The van der Waals surface area contributed by atoms with Crippen LogP contribution in [0.25, 0.3) is 0 Å². The molecule has 0 aromatic heterocycles. The van der Waals surface area contributed by atoms with Crippen LogP contribution in [0.15, 0.2) is 18.2 Å². The predicted molar refractivity (Wildman–Crippen MR) is 80.1 cm³/mol. The second-order valence-corrected chi connectivity index (χ2v) is 6.15. The van der Waals surface area contributed by atoms with Gasteiger partial charge in [-0.25, -0.2) is 0 Å². The average molecular weight is 321 g/mol. The molecule has 104 valence electrons. The Labute approximate surface area is 128 Å². The quantitative estimate of drug-likeness (QED) is 0.802. The third-order valence-electron chi connectivity index (χ3n) is 3.42. The van der Waals surface area contributed by atoms with E-state index in [2.05, 4.69) is 5.32 Å². The first-order chi connectivity index (χ1) is 9.08. The van der Waals surface area contributed by atoms with E-state index in [1.807, 2.05) is 0 Å². The molecule has 1 fully saturated rings. The highest BCUT2D eigenvalue weighted by Gasteiger charge is 2.23.